The van der Waals surface area contributed by atoms with E-state index in [1.165, 1.54) is 18.2 Å². The number of amides is 1. The van der Waals surface area contributed by atoms with Crippen LogP contribution in [0.25, 0.3) is 0 Å². The second-order valence-corrected chi connectivity index (χ2v) is 4.65. The van der Waals surface area contributed by atoms with Gasteiger partial charge < -0.3 is 10.1 Å². The highest BCUT2D eigenvalue weighted by Gasteiger charge is 2.13. The van der Waals surface area contributed by atoms with E-state index in [1.807, 2.05) is 13.8 Å². The number of nitro groups is 1. The molecule has 1 N–H and O–H groups in total. The van der Waals surface area contributed by atoms with Gasteiger partial charge in [-0.05, 0) is 18.9 Å². The van der Waals surface area contributed by atoms with Crippen molar-refractivity contribution < 1.29 is 14.5 Å². The molecule has 0 atom stereocenters. The number of rotatable bonds is 7. The van der Waals surface area contributed by atoms with Gasteiger partial charge in [0.25, 0.3) is 11.6 Å². The van der Waals surface area contributed by atoms with E-state index in [2.05, 4.69) is 5.32 Å². The molecule has 6 nitrogen and oxygen atoms in total. The third-order valence-electron chi connectivity index (χ3n) is 2.84. The molecule has 110 valence electrons. The summed E-state index contributed by atoms with van der Waals surface area (Å²) in [5.41, 5.74) is -0.134. The Balaban J connectivity index is 2.63. The van der Waals surface area contributed by atoms with Gasteiger partial charge in [-0.3, -0.25) is 14.9 Å². The van der Waals surface area contributed by atoms with Crippen LogP contribution in [0.4, 0.5) is 5.69 Å². The van der Waals surface area contributed by atoms with E-state index in [1.54, 1.807) is 0 Å². The first-order valence-corrected chi connectivity index (χ1v) is 6.71. The topological polar surface area (TPSA) is 81.5 Å². The highest BCUT2D eigenvalue weighted by Crippen LogP contribution is 2.28. The van der Waals surface area contributed by atoms with Crippen LogP contribution in [0, 0.1) is 10.1 Å². The van der Waals surface area contributed by atoms with Crippen molar-refractivity contribution >= 4 is 23.2 Å². The Kier molecular flexibility index (Phi) is 6.24. The number of hydrogen-bond acceptors (Lipinski definition) is 4. The molecule has 0 radical (unpaired) electrons. The zero-order valence-corrected chi connectivity index (χ0v) is 12.1. The van der Waals surface area contributed by atoms with Crippen molar-refractivity contribution in [2.75, 3.05) is 6.61 Å². The first-order chi connectivity index (χ1) is 9.47. The molecule has 0 fully saturated rings. The van der Waals surface area contributed by atoms with Crippen LogP contribution < -0.4 is 10.1 Å². The van der Waals surface area contributed by atoms with Gasteiger partial charge in [0.05, 0.1) is 16.0 Å². The van der Waals surface area contributed by atoms with Crippen molar-refractivity contribution in [1.82, 2.24) is 5.32 Å². The van der Waals surface area contributed by atoms with Crippen LogP contribution in [-0.4, -0.2) is 23.5 Å². The Morgan fingerprint density at radius 1 is 1.45 bits per heavy atom. The fraction of sp³-hybridized carbons (Fsp3) is 0.462. The predicted octanol–water partition coefficient (Wildman–Crippen LogP) is 2.93. The van der Waals surface area contributed by atoms with Crippen molar-refractivity contribution in [2.45, 2.75) is 32.7 Å². The van der Waals surface area contributed by atoms with Gasteiger partial charge in [-0.15, -0.1) is 0 Å². The number of ether oxygens (including phenoxy) is 1. The summed E-state index contributed by atoms with van der Waals surface area (Å²) < 4.78 is 5.23. The lowest BCUT2D eigenvalue weighted by Crippen LogP contribution is -2.37. The van der Waals surface area contributed by atoms with Crippen molar-refractivity contribution in [1.29, 1.82) is 0 Å². The Labute approximate surface area is 122 Å². The van der Waals surface area contributed by atoms with Gasteiger partial charge in [0.15, 0.2) is 6.61 Å². The number of benzene rings is 1. The quantitative estimate of drug-likeness (QED) is 0.620. The lowest BCUT2D eigenvalue weighted by molar-refractivity contribution is -0.384. The maximum absolute atomic E-state index is 11.7. The number of halogens is 1. The minimum atomic E-state index is -0.548. The normalized spacial score (nSPS) is 10.4. The third kappa shape index (κ3) is 4.70. The minimum absolute atomic E-state index is 0.103. The maximum atomic E-state index is 11.7. The van der Waals surface area contributed by atoms with Crippen molar-refractivity contribution in [2.24, 2.45) is 0 Å². The van der Waals surface area contributed by atoms with Gasteiger partial charge in [-0.25, -0.2) is 0 Å². The fourth-order valence-corrected chi connectivity index (χ4v) is 1.79. The average Bonchev–Trinajstić information content (AvgIpc) is 2.43. The average molecular weight is 301 g/mol. The molecule has 0 spiro atoms. The van der Waals surface area contributed by atoms with E-state index in [0.29, 0.717) is 0 Å². The molecule has 1 aromatic carbocycles. The summed E-state index contributed by atoms with van der Waals surface area (Å²) in [6.45, 7) is 3.73. The van der Waals surface area contributed by atoms with Crippen molar-refractivity contribution in [3.8, 4) is 5.75 Å². The number of hydrogen-bond donors (Lipinski definition) is 1. The van der Waals surface area contributed by atoms with Gasteiger partial charge in [0.1, 0.15) is 5.75 Å². The molecule has 0 bridgehead atoms. The summed E-state index contributed by atoms with van der Waals surface area (Å²) in [6.07, 6.45) is 1.67. The van der Waals surface area contributed by atoms with Crippen molar-refractivity contribution in [3.63, 3.8) is 0 Å². The van der Waals surface area contributed by atoms with E-state index in [9.17, 15) is 14.9 Å². The monoisotopic (exact) mass is 300 g/mol. The molecule has 0 saturated heterocycles. The molecular weight excluding hydrogens is 284 g/mol. The molecule has 1 aromatic rings. The number of nitrogens with one attached hydrogen (secondary N) is 1. The van der Waals surface area contributed by atoms with Gasteiger partial charge in [-0.2, -0.15) is 0 Å². The molecular formula is C13H17ClN2O4. The number of carbonyl (C=O) groups excluding carboxylic acids is 1. The summed E-state index contributed by atoms with van der Waals surface area (Å²) in [5.74, 6) is -0.151. The van der Waals surface area contributed by atoms with Crippen LogP contribution in [0.2, 0.25) is 5.02 Å². The first kappa shape index (κ1) is 16.2. The smallest absolute Gasteiger partial charge is 0.273 e. The van der Waals surface area contributed by atoms with Gasteiger partial charge in [-0.1, -0.05) is 25.4 Å². The molecule has 1 amide bonds. The zero-order valence-electron chi connectivity index (χ0n) is 11.4. The van der Waals surface area contributed by atoms with Crippen LogP contribution in [-0.2, 0) is 4.79 Å². The van der Waals surface area contributed by atoms with Gasteiger partial charge >= 0.3 is 0 Å². The maximum Gasteiger partial charge on any atom is 0.273 e. The van der Waals surface area contributed by atoms with Crippen LogP contribution >= 0.6 is 11.6 Å². The first-order valence-electron chi connectivity index (χ1n) is 6.34. The summed E-state index contributed by atoms with van der Waals surface area (Å²) in [4.78, 5) is 21.8. The molecule has 0 aliphatic carbocycles. The molecule has 0 aliphatic rings. The van der Waals surface area contributed by atoms with Gasteiger partial charge in [0, 0.05) is 12.1 Å². The molecule has 0 aliphatic heterocycles. The van der Waals surface area contributed by atoms with E-state index >= 15 is 0 Å². The molecule has 0 unspecified atom stereocenters. The second kappa shape index (κ2) is 7.69. The Morgan fingerprint density at radius 2 is 2.10 bits per heavy atom. The highest BCUT2D eigenvalue weighted by molar-refractivity contribution is 6.32. The van der Waals surface area contributed by atoms with Crippen molar-refractivity contribution in [3.05, 3.63) is 33.3 Å². The molecule has 20 heavy (non-hydrogen) atoms. The van der Waals surface area contributed by atoms with Crippen LogP contribution in [0.3, 0.4) is 0 Å². The lowest BCUT2D eigenvalue weighted by atomic mass is 10.2. The van der Waals surface area contributed by atoms with Crippen LogP contribution in [0.1, 0.15) is 26.7 Å². The standard InChI is InChI=1S/C13H17ClN2O4/c1-3-9(4-2)15-13(17)8-20-12-7-10(16(18)19)5-6-11(12)14/h5-7,9H,3-4,8H2,1-2H3,(H,15,17). The SMILES string of the molecule is CCC(CC)NC(=O)COc1cc([N+](=O)[O-])ccc1Cl. The van der Waals surface area contributed by atoms with E-state index in [-0.39, 0.29) is 35.0 Å². The lowest BCUT2D eigenvalue weighted by Gasteiger charge is -2.15. The second-order valence-electron chi connectivity index (χ2n) is 4.24. The molecule has 0 saturated carbocycles. The largest absolute Gasteiger partial charge is 0.482 e. The van der Waals surface area contributed by atoms with E-state index in [4.69, 9.17) is 16.3 Å². The highest BCUT2D eigenvalue weighted by atomic mass is 35.5. The van der Waals surface area contributed by atoms with Crippen LogP contribution in [0.5, 0.6) is 5.75 Å². The number of nitrogens with zero attached hydrogens (tertiary/aromatic N) is 1. The molecule has 1 rings (SSSR count). The number of nitro benzene ring substituents is 1. The van der Waals surface area contributed by atoms with Crippen LogP contribution in [0.15, 0.2) is 18.2 Å². The van der Waals surface area contributed by atoms with Gasteiger partial charge in [0.2, 0.25) is 0 Å². The van der Waals surface area contributed by atoms with E-state index in [0.717, 1.165) is 12.8 Å². The summed E-state index contributed by atoms with van der Waals surface area (Å²) in [7, 11) is 0. The summed E-state index contributed by atoms with van der Waals surface area (Å²) in [6, 6.07) is 3.95. The summed E-state index contributed by atoms with van der Waals surface area (Å²) in [5, 5.41) is 13.7. The Hall–Kier alpha value is -1.82. The Bertz CT molecular complexity index is 489. The predicted molar refractivity (Wildman–Crippen MR) is 76.1 cm³/mol. The number of carbonyl (C=O) groups is 1. The molecule has 7 heteroatoms. The minimum Gasteiger partial charge on any atom is -0.482 e. The summed E-state index contributed by atoms with van der Waals surface area (Å²) >= 11 is 5.87. The van der Waals surface area contributed by atoms with E-state index < -0.39 is 4.92 Å². The molecule has 0 heterocycles. The molecule has 0 aromatic heterocycles. The fourth-order valence-electron chi connectivity index (χ4n) is 1.62. The zero-order chi connectivity index (χ0) is 15.1. The third-order valence-corrected chi connectivity index (χ3v) is 3.15. The number of non-ortho nitro benzene ring substituents is 1. The Morgan fingerprint density at radius 3 is 2.65 bits per heavy atom.